The molecule has 0 saturated carbocycles. The molecule has 2 N–H and O–H groups in total. The Balaban J connectivity index is 1.64. The van der Waals surface area contributed by atoms with E-state index in [0.29, 0.717) is 13.2 Å². The van der Waals surface area contributed by atoms with E-state index in [9.17, 15) is 0 Å². The molecule has 0 unspecified atom stereocenters. The van der Waals surface area contributed by atoms with Gasteiger partial charge < -0.3 is 20.1 Å². The SMILES string of the molecule is CN=C(NCCCOc1cccc(OC)c1)NCc1ccnn1C. The lowest BCUT2D eigenvalue weighted by molar-refractivity contribution is 0.308. The predicted octanol–water partition coefficient (Wildman–Crippen LogP) is 1.56. The monoisotopic (exact) mass is 331 g/mol. The Hall–Kier alpha value is -2.70. The van der Waals surface area contributed by atoms with Crippen LogP contribution < -0.4 is 20.1 Å². The summed E-state index contributed by atoms with van der Waals surface area (Å²) < 4.78 is 12.7. The van der Waals surface area contributed by atoms with Crippen molar-refractivity contribution < 1.29 is 9.47 Å². The third kappa shape index (κ3) is 5.49. The Morgan fingerprint density at radius 1 is 1.25 bits per heavy atom. The largest absolute Gasteiger partial charge is 0.497 e. The average molecular weight is 331 g/mol. The first-order valence-corrected chi connectivity index (χ1v) is 7.91. The summed E-state index contributed by atoms with van der Waals surface area (Å²) in [5.74, 6) is 2.37. The van der Waals surface area contributed by atoms with Crippen LogP contribution in [-0.4, -0.2) is 43.0 Å². The quantitative estimate of drug-likeness (QED) is 0.436. The number of aromatic nitrogens is 2. The van der Waals surface area contributed by atoms with Crippen LogP contribution in [0.1, 0.15) is 12.1 Å². The van der Waals surface area contributed by atoms with Crippen molar-refractivity contribution in [3.05, 3.63) is 42.2 Å². The normalized spacial score (nSPS) is 11.2. The van der Waals surface area contributed by atoms with Crippen LogP contribution >= 0.6 is 0 Å². The zero-order valence-electron chi connectivity index (χ0n) is 14.5. The molecule has 0 bridgehead atoms. The first kappa shape index (κ1) is 17.7. The molecule has 0 atom stereocenters. The number of nitrogens with one attached hydrogen (secondary N) is 2. The van der Waals surface area contributed by atoms with Gasteiger partial charge in [-0.25, -0.2) is 0 Å². The van der Waals surface area contributed by atoms with E-state index in [-0.39, 0.29) is 0 Å². The molecule has 1 aromatic heterocycles. The highest BCUT2D eigenvalue weighted by molar-refractivity contribution is 5.79. The van der Waals surface area contributed by atoms with E-state index < -0.39 is 0 Å². The van der Waals surface area contributed by atoms with Gasteiger partial charge >= 0.3 is 0 Å². The lowest BCUT2D eigenvalue weighted by atomic mass is 10.3. The van der Waals surface area contributed by atoms with Crippen molar-refractivity contribution in [2.75, 3.05) is 27.3 Å². The fourth-order valence-electron chi connectivity index (χ4n) is 2.13. The van der Waals surface area contributed by atoms with Crippen LogP contribution in [0, 0.1) is 0 Å². The van der Waals surface area contributed by atoms with Gasteiger partial charge in [0.2, 0.25) is 0 Å². The van der Waals surface area contributed by atoms with Crippen LogP contribution in [0.2, 0.25) is 0 Å². The lowest BCUT2D eigenvalue weighted by Gasteiger charge is -2.12. The maximum absolute atomic E-state index is 5.71. The summed E-state index contributed by atoms with van der Waals surface area (Å²) in [7, 11) is 5.32. The summed E-state index contributed by atoms with van der Waals surface area (Å²) in [6, 6.07) is 9.58. The van der Waals surface area contributed by atoms with Gasteiger partial charge in [0, 0.05) is 32.9 Å². The van der Waals surface area contributed by atoms with Gasteiger partial charge in [-0.3, -0.25) is 9.67 Å². The maximum Gasteiger partial charge on any atom is 0.191 e. The molecule has 130 valence electrons. The number of hydrogen-bond donors (Lipinski definition) is 2. The van der Waals surface area contributed by atoms with Crippen molar-refractivity contribution in [2.24, 2.45) is 12.0 Å². The average Bonchev–Trinajstić information content (AvgIpc) is 3.02. The number of guanidine groups is 1. The molecule has 1 heterocycles. The Bertz CT molecular complexity index is 654. The van der Waals surface area contributed by atoms with Crippen molar-refractivity contribution in [2.45, 2.75) is 13.0 Å². The second kappa shape index (κ2) is 9.44. The summed E-state index contributed by atoms with van der Waals surface area (Å²) in [5, 5.41) is 10.7. The molecule has 0 spiro atoms. The summed E-state index contributed by atoms with van der Waals surface area (Å²) >= 11 is 0. The first-order chi connectivity index (χ1) is 11.7. The number of aliphatic imine (C=N–C) groups is 1. The molecule has 0 aliphatic carbocycles. The highest BCUT2D eigenvalue weighted by atomic mass is 16.5. The topological polar surface area (TPSA) is 72.7 Å². The Kier molecular flexibility index (Phi) is 6.94. The van der Waals surface area contributed by atoms with Gasteiger partial charge in [-0.05, 0) is 24.6 Å². The molecule has 7 heteroatoms. The van der Waals surface area contributed by atoms with E-state index in [1.54, 1.807) is 20.4 Å². The van der Waals surface area contributed by atoms with E-state index in [1.165, 1.54) is 0 Å². The third-order valence-corrected chi connectivity index (χ3v) is 3.51. The molecular formula is C17H25N5O2. The molecule has 0 saturated heterocycles. The van der Waals surface area contributed by atoms with E-state index in [4.69, 9.17) is 9.47 Å². The minimum absolute atomic E-state index is 0.624. The van der Waals surface area contributed by atoms with Crippen molar-refractivity contribution in [1.29, 1.82) is 0 Å². The number of aryl methyl sites for hydroxylation is 1. The summed E-state index contributed by atoms with van der Waals surface area (Å²) in [6.07, 6.45) is 2.65. The van der Waals surface area contributed by atoms with Gasteiger partial charge in [0.15, 0.2) is 5.96 Å². The minimum atomic E-state index is 0.624. The molecule has 0 radical (unpaired) electrons. The number of rotatable bonds is 8. The number of nitrogens with zero attached hydrogens (tertiary/aromatic N) is 3. The van der Waals surface area contributed by atoms with Gasteiger partial charge in [-0.15, -0.1) is 0 Å². The highest BCUT2D eigenvalue weighted by Gasteiger charge is 2.01. The molecule has 24 heavy (non-hydrogen) atoms. The summed E-state index contributed by atoms with van der Waals surface area (Å²) in [5.41, 5.74) is 1.10. The smallest absolute Gasteiger partial charge is 0.191 e. The third-order valence-electron chi connectivity index (χ3n) is 3.51. The molecule has 1 aromatic carbocycles. The Labute approximate surface area is 142 Å². The molecule has 0 aliphatic heterocycles. The van der Waals surface area contributed by atoms with Gasteiger partial charge in [0.05, 0.1) is 26.0 Å². The van der Waals surface area contributed by atoms with Crippen LogP contribution in [0.25, 0.3) is 0 Å². The van der Waals surface area contributed by atoms with Crippen LogP contribution in [0.4, 0.5) is 0 Å². The number of benzene rings is 1. The fourth-order valence-corrected chi connectivity index (χ4v) is 2.13. The second-order valence-electron chi connectivity index (χ2n) is 5.18. The van der Waals surface area contributed by atoms with Crippen molar-refractivity contribution >= 4 is 5.96 Å². The van der Waals surface area contributed by atoms with E-state index >= 15 is 0 Å². The summed E-state index contributed by atoms with van der Waals surface area (Å²) in [4.78, 5) is 4.20. The zero-order valence-corrected chi connectivity index (χ0v) is 14.5. The second-order valence-corrected chi connectivity index (χ2v) is 5.18. The van der Waals surface area contributed by atoms with Gasteiger partial charge in [-0.2, -0.15) is 5.10 Å². The molecule has 2 rings (SSSR count). The molecule has 0 amide bonds. The molecule has 7 nitrogen and oxygen atoms in total. The van der Waals surface area contributed by atoms with E-state index in [0.717, 1.165) is 36.1 Å². The maximum atomic E-state index is 5.71. The highest BCUT2D eigenvalue weighted by Crippen LogP contribution is 2.18. The van der Waals surface area contributed by atoms with Crippen molar-refractivity contribution in [3.63, 3.8) is 0 Å². The molecule has 0 fully saturated rings. The van der Waals surface area contributed by atoms with Crippen LogP contribution in [-0.2, 0) is 13.6 Å². The standard InChI is InChI=1S/C17H25N5O2/c1-18-17(20-13-14-8-10-21-22(14)2)19-9-5-11-24-16-7-4-6-15(12-16)23-3/h4,6-8,10,12H,5,9,11,13H2,1-3H3,(H2,18,19,20). The summed E-state index contributed by atoms with van der Waals surface area (Å²) in [6.45, 7) is 2.07. The number of hydrogen-bond acceptors (Lipinski definition) is 4. The molecular weight excluding hydrogens is 306 g/mol. The van der Waals surface area contributed by atoms with Crippen molar-refractivity contribution in [1.82, 2.24) is 20.4 Å². The predicted molar refractivity (Wildman–Crippen MR) is 94.5 cm³/mol. The molecule has 2 aromatic rings. The van der Waals surface area contributed by atoms with E-state index in [1.807, 2.05) is 42.1 Å². The Morgan fingerprint density at radius 3 is 2.79 bits per heavy atom. The first-order valence-electron chi connectivity index (χ1n) is 7.91. The van der Waals surface area contributed by atoms with Crippen molar-refractivity contribution in [3.8, 4) is 11.5 Å². The number of methoxy groups -OCH3 is 1. The van der Waals surface area contributed by atoms with Gasteiger partial charge in [0.25, 0.3) is 0 Å². The van der Waals surface area contributed by atoms with Gasteiger partial charge in [0.1, 0.15) is 11.5 Å². The van der Waals surface area contributed by atoms with Gasteiger partial charge in [-0.1, -0.05) is 6.07 Å². The van der Waals surface area contributed by atoms with Crippen LogP contribution in [0.3, 0.4) is 0 Å². The minimum Gasteiger partial charge on any atom is -0.497 e. The van der Waals surface area contributed by atoms with Crippen LogP contribution in [0.5, 0.6) is 11.5 Å². The van der Waals surface area contributed by atoms with Crippen LogP contribution in [0.15, 0.2) is 41.5 Å². The molecule has 0 aliphatic rings. The lowest BCUT2D eigenvalue weighted by Crippen LogP contribution is -2.38. The number of ether oxygens (including phenoxy) is 2. The zero-order chi connectivity index (χ0) is 17.2. The Morgan fingerprint density at radius 2 is 2.08 bits per heavy atom. The van der Waals surface area contributed by atoms with E-state index in [2.05, 4.69) is 20.7 Å². The fraction of sp³-hybridized carbons (Fsp3) is 0.412.